The van der Waals surface area contributed by atoms with Crippen LogP contribution in [0.3, 0.4) is 0 Å². The van der Waals surface area contributed by atoms with Gasteiger partial charge in [0.15, 0.2) is 0 Å². The molecule has 4 nitrogen and oxygen atoms in total. The third-order valence-electron chi connectivity index (χ3n) is 4.85. The van der Waals surface area contributed by atoms with Gasteiger partial charge >= 0.3 is 0 Å². The summed E-state index contributed by atoms with van der Waals surface area (Å²) in [6.07, 6.45) is 2.60. The highest BCUT2D eigenvalue weighted by Crippen LogP contribution is 2.22. The molecule has 0 aliphatic carbocycles. The van der Waals surface area contributed by atoms with Crippen LogP contribution in [0.1, 0.15) is 56.8 Å². The second kappa shape index (κ2) is 8.26. The zero-order valence-electron chi connectivity index (χ0n) is 15.9. The first-order valence-electron chi connectivity index (χ1n) is 8.89. The smallest absolute Gasteiger partial charge is 0.231 e. The van der Waals surface area contributed by atoms with Crippen molar-refractivity contribution in [2.75, 3.05) is 5.32 Å². The Bertz CT molecular complexity index is 710. The highest BCUT2D eigenvalue weighted by Gasteiger charge is 2.25. The number of aryl methyl sites for hydroxylation is 1. The molecule has 1 aromatic carbocycles. The number of nitrogens with one attached hydrogen (secondary N) is 2. The first-order chi connectivity index (χ1) is 11.8. The van der Waals surface area contributed by atoms with Gasteiger partial charge in [-0.15, -0.1) is 0 Å². The maximum absolute atomic E-state index is 12.3. The van der Waals surface area contributed by atoms with Crippen molar-refractivity contribution in [1.29, 1.82) is 0 Å². The Morgan fingerprint density at radius 1 is 1.24 bits per heavy atom. The summed E-state index contributed by atoms with van der Waals surface area (Å²) in [5.41, 5.74) is 3.11. The summed E-state index contributed by atoms with van der Waals surface area (Å²) in [6, 6.07) is 12.6. The van der Waals surface area contributed by atoms with Crippen molar-refractivity contribution in [2.45, 2.75) is 53.6 Å². The normalized spacial score (nSPS) is 12.7. The lowest BCUT2D eigenvalue weighted by molar-refractivity contribution is -0.124. The number of nitrogens with zero attached hydrogens (tertiary/aromatic N) is 1. The Hall–Kier alpha value is -2.20. The van der Waals surface area contributed by atoms with Crippen LogP contribution in [-0.4, -0.2) is 10.9 Å². The molecule has 1 aromatic heterocycles. The number of amides is 1. The predicted molar refractivity (Wildman–Crippen MR) is 103 cm³/mol. The third-order valence-corrected chi connectivity index (χ3v) is 4.85. The quantitative estimate of drug-likeness (QED) is 0.774. The number of pyridine rings is 1. The van der Waals surface area contributed by atoms with Gasteiger partial charge in [0.25, 0.3) is 0 Å². The van der Waals surface area contributed by atoms with Gasteiger partial charge in [-0.1, -0.05) is 51.1 Å². The van der Waals surface area contributed by atoms with Crippen LogP contribution in [0.4, 0.5) is 5.82 Å². The number of rotatable bonds is 7. The minimum atomic E-state index is -0.396. The first kappa shape index (κ1) is 19.1. The minimum Gasteiger partial charge on any atom is -0.310 e. The Kier molecular flexibility index (Phi) is 6.32. The molecule has 1 heterocycles. The molecule has 0 bridgehead atoms. The highest BCUT2D eigenvalue weighted by molar-refractivity contribution is 5.94. The molecule has 1 atom stereocenters. The molecular formula is C21H29N3O. The molecule has 1 unspecified atom stereocenters. The van der Waals surface area contributed by atoms with Crippen molar-refractivity contribution < 1.29 is 4.79 Å². The van der Waals surface area contributed by atoms with Crippen LogP contribution in [0, 0.1) is 12.3 Å². The van der Waals surface area contributed by atoms with Crippen molar-refractivity contribution in [3.05, 3.63) is 59.3 Å². The maximum Gasteiger partial charge on any atom is 0.231 e. The van der Waals surface area contributed by atoms with Crippen molar-refractivity contribution in [2.24, 2.45) is 5.41 Å². The van der Waals surface area contributed by atoms with Gasteiger partial charge in [-0.2, -0.15) is 0 Å². The third kappa shape index (κ3) is 5.13. The molecule has 2 N–H and O–H groups in total. The number of hydrogen-bond acceptors (Lipinski definition) is 3. The van der Waals surface area contributed by atoms with Gasteiger partial charge in [0.05, 0.1) is 0 Å². The highest BCUT2D eigenvalue weighted by atomic mass is 16.2. The standard InChI is InChI=1S/C21H29N3O/c1-6-21(4,5)20(25)24-19-12-18(15(2)13-23-19)14-22-16(3)17-10-8-7-9-11-17/h7-13,16,22H,6,14H2,1-5H3,(H,23,24,25). The summed E-state index contributed by atoms with van der Waals surface area (Å²) in [5.74, 6) is 0.615. The second-order valence-electron chi connectivity index (χ2n) is 7.20. The zero-order valence-corrected chi connectivity index (χ0v) is 15.9. The SMILES string of the molecule is CCC(C)(C)C(=O)Nc1cc(CNC(C)c2ccccc2)c(C)cn1. The molecule has 0 radical (unpaired) electrons. The van der Waals surface area contributed by atoms with E-state index in [0.29, 0.717) is 5.82 Å². The van der Waals surface area contributed by atoms with Crippen molar-refractivity contribution >= 4 is 11.7 Å². The lowest BCUT2D eigenvalue weighted by Gasteiger charge is -2.21. The molecule has 2 rings (SSSR count). The Morgan fingerprint density at radius 3 is 2.56 bits per heavy atom. The Labute approximate surface area is 151 Å². The van der Waals surface area contributed by atoms with Crippen LogP contribution in [0.25, 0.3) is 0 Å². The fourth-order valence-electron chi connectivity index (χ4n) is 2.39. The van der Waals surface area contributed by atoms with Crippen molar-refractivity contribution in [1.82, 2.24) is 10.3 Å². The van der Waals surface area contributed by atoms with Crippen LogP contribution < -0.4 is 10.6 Å². The molecule has 0 aliphatic rings. The summed E-state index contributed by atoms with van der Waals surface area (Å²) >= 11 is 0. The molecule has 2 aromatic rings. The van der Waals surface area contributed by atoms with Gasteiger partial charge in [0, 0.05) is 24.2 Å². The molecule has 4 heteroatoms. The monoisotopic (exact) mass is 339 g/mol. The molecule has 0 saturated carbocycles. The second-order valence-corrected chi connectivity index (χ2v) is 7.20. The van der Waals surface area contributed by atoms with Crippen LogP contribution in [-0.2, 0) is 11.3 Å². The summed E-state index contributed by atoms with van der Waals surface area (Å²) < 4.78 is 0. The van der Waals surface area contributed by atoms with E-state index in [4.69, 9.17) is 0 Å². The fourth-order valence-corrected chi connectivity index (χ4v) is 2.39. The van der Waals surface area contributed by atoms with Crippen LogP contribution in [0.2, 0.25) is 0 Å². The topological polar surface area (TPSA) is 54.0 Å². The average Bonchev–Trinajstić information content (AvgIpc) is 2.62. The lowest BCUT2D eigenvalue weighted by atomic mass is 9.89. The number of carbonyl (C=O) groups is 1. The van der Waals surface area contributed by atoms with Crippen LogP contribution in [0.5, 0.6) is 0 Å². The van der Waals surface area contributed by atoms with Gasteiger partial charge in [-0.25, -0.2) is 4.98 Å². The van der Waals surface area contributed by atoms with Gasteiger partial charge in [0.2, 0.25) is 5.91 Å². The molecule has 134 valence electrons. The molecule has 0 spiro atoms. The number of hydrogen-bond donors (Lipinski definition) is 2. The van der Waals surface area contributed by atoms with Crippen molar-refractivity contribution in [3.63, 3.8) is 0 Å². The minimum absolute atomic E-state index is 0.00270. The number of benzene rings is 1. The first-order valence-corrected chi connectivity index (χ1v) is 8.89. The van der Waals surface area contributed by atoms with E-state index in [1.807, 2.05) is 58.2 Å². The van der Waals surface area contributed by atoms with E-state index in [2.05, 4.69) is 34.7 Å². The summed E-state index contributed by atoms with van der Waals surface area (Å²) in [5, 5.41) is 6.48. The fraction of sp³-hybridized carbons (Fsp3) is 0.429. The number of anilines is 1. The van der Waals surface area contributed by atoms with E-state index in [9.17, 15) is 4.79 Å². The molecular weight excluding hydrogens is 310 g/mol. The largest absolute Gasteiger partial charge is 0.310 e. The van der Waals surface area contributed by atoms with Crippen molar-refractivity contribution in [3.8, 4) is 0 Å². The Balaban J connectivity index is 2.05. The average molecular weight is 339 g/mol. The van der Waals surface area contributed by atoms with Gasteiger partial charge < -0.3 is 10.6 Å². The maximum atomic E-state index is 12.3. The molecule has 0 fully saturated rings. The molecule has 25 heavy (non-hydrogen) atoms. The van der Waals surface area contributed by atoms with E-state index >= 15 is 0 Å². The van der Waals surface area contributed by atoms with E-state index in [1.165, 1.54) is 5.56 Å². The molecule has 1 amide bonds. The van der Waals surface area contributed by atoms with Crippen LogP contribution in [0.15, 0.2) is 42.6 Å². The van der Waals surface area contributed by atoms with Crippen LogP contribution >= 0.6 is 0 Å². The molecule has 0 saturated heterocycles. The van der Waals surface area contributed by atoms with E-state index in [1.54, 1.807) is 0 Å². The van der Waals surface area contributed by atoms with E-state index in [-0.39, 0.29) is 11.9 Å². The number of carbonyl (C=O) groups excluding carboxylic acids is 1. The van der Waals surface area contributed by atoms with Gasteiger partial charge in [-0.3, -0.25) is 4.79 Å². The summed E-state index contributed by atoms with van der Waals surface area (Å²) in [6.45, 7) is 10.8. The number of aromatic nitrogens is 1. The van der Waals surface area contributed by atoms with Gasteiger partial charge in [-0.05, 0) is 43.0 Å². The van der Waals surface area contributed by atoms with Gasteiger partial charge in [0.1, 0.15) is 5.82 Å². The Morgan fingerprint density at radius 2 is 1.92 bits per heavy atom. The lowest BCUT2D eigenvalue weighted by Crippen LogP contribution is -2.30. The molecule has 0 aliphatic heterocycles. The summed E-state index contributed by atoms with van der Waals surface area (Å²) in [4.78, 5) is 16.7. The zero-order chi connectivity index (χ0) is 18.4. The van der Waals surface area contributed by atoms with E-state index < -0.39 is 5.41 Å². The predicted octanol–water partition coefficient (Wildman–Crippen LogP) is 4.62. The summed E-state index contributed by atoms with van der Waals surface area (Å²) in [7, 11) is 0. The van der Waals surface area contributed by atoms with E-state index in [0.717, 1.165) is 24.1 Å².